The Labute approximate surface area is 98.2 Å². The van der Waals surface area contributed by atoms with Gasteiger partial charge in [0.25, 0.3) is 0 Å². The van der Waals surface area contributed by atoms with Crippen molar-refractivity contribution in [2.75, 3.05) is 7.11 Å². The van der Waals surface area contributed by atoms with Crippen LogP contribution >= 0.6 is 0 Å². The molecule has 2 rings (SSSR count). The number of carbonyl (C=O) groups is 1. The molecule has 0 aromatic heterocycles. The van der Waals surface area contributed by atoms with E-state index in [2.05, 4.69) is 0 Å². The fourth-order valence-electron chi connectivity index (χ4n) is 2.09. The summed E-state index contributed by atoms with van der Waals surface area (Å²) in [5.41, 5.74) is 6.49. The first-order valence-corrected chi connectivity index (χ1v) is 5.36. The highest BCUT2D eigenvalue weighted by atomic mass is 19.1. The normalized spacial score (nSPS) is 24.2. The first-order chi connectivity index (χ1) is 8.04. The van der Waals surface area contributed by atoms with Crippen molar-refractivity contribution in [1.82, 2.24) is 0 Å². The highest BCUT2D eigenvalue weighted by Crippen LogP contribution is 2.48. The van der Waals surface area contributed by atoms with Crippen LogP contribution in [0.25, 0.3) is 0 Å². The van der Waals surface area contributed by atoms with Crippen molar-refractivity contribution in [2.24, 2.45) is 17.6 Å². The number of methoxy groups -OCH3 is 1. The molecule has 0 heterocycles. The number of nitrogens with two attached hydrogens (primary N) is 1. The van der Waals surface area contributed by atoms with E-state index in [0.29, 0.717) is 17.7 Å². The number of carboxylic acids is 1. The summed E-state index contributed by atoms with van der Waals surface area (Å²) in [6.45, 7) is 0. The number of aliphatic carboxylic acids is 1. The van der Waals surface area contributed by atoms with Crippen LogP contribution in [0.1, 0.15) is 18.0 Å². The molecule has 0 aliphatic heterocycles. The maximum absolute atomic E-state index is 13.2. The molecule has 3 atom stereocenters. The van der Waals surface area contributed by atoms with Gasteiger partial charge >= 0.3 is 5.97 Å². The Morgan fingerprint density at radius 1 is 1.65 bits per heavy atom. The topological polar surface area (TPSA) is 72.5 Å². The van der Waals surface area contributed by atoms with Crippen LogP contribution < -0.4 is 10.5 Å². The molecular weight excluding hydrogens is 225 g/mol. The molecule has 3 N–H and O–H groups in total. The Balaban J connectivity index is 2.22. The van der Waals surface area contributed by atoms with Crippen LogP contribution in [0.15, 0.2) is 18.2 Å². The Kier molecular flexibility index (Phi) is 3.02. The fourth-order valence-corrected chi connectivity index (χ4v) is 2.09. The zero-order valence-corrected chi connectivity index (χ0v) is 9.39. The SMILES string of the molecule is COc1ccc(F)cc1C(N)C1CC1C(=O)O. The fraction of sp³-hybridized carbons (Fsp3) is 0.417. The molecule has 0 radical (unpaired) electrons. The predicted octanol–water partition coefficient (Wildman–Crippen LogP) is 1.55. The maximum atomic E-state index is 13.2. The average molecular weight is 239 g/mol. The van der Waals surface area contributed by atoms with E-state index in [9.17, 15) is 9.18 Å². The standard InChI is InChI=1S/C12H14FNO3/c1-17-10-3-2-6(13)4-9(10)11(14)7-5-8(7)12(15)16/h2-4,7-8,11H,5,14H2,1H3,(H,15,16). The third kappa shape index (κ3) is 2.24. The van der Waals surface area contributed by atoms with Crippen LogP contribution in [0, 0.1) is 17.7 Å². The molecule has 1 saturated carbocycles. The molecule has 1 aliphatic carbocycles. The first-order valence-electron chi connectivity index (χ1n) is 5.36. The van der Waals surface area contributed by atoms with Crippen molar-refractivity contribution in [3.63, 3.8) is 0 Å². The number of benzene rings is 1. The maximum Gasteiger partial charge on any atom is 0.306 e. The Hall–Kier alpha value is -1.62. The van der Waals surface area contributed by atoms with Gasteiger partial charge in [-0.1, -0.05) is 0 Å². The largest absolute Gasteiger partial charge is 0.496 e. The Bertz CT molecular complexity index is 449. The van der Waals surface area contributed by atoms with E-state index in [1.165, 1.54) is 25.3 Å². The lowest BCUT2D eigenvalue weighted by molar-refractivity contribution is -0.138. The van der Waals surface area contributed by atoms with Crippen LogP contribution in [0.5, 0.6) is 5.75 Å². The zero-order valence-electron chi connectivity index (χ0n) is 9.39. The molecule has 0 amide bonds. The van der Waals surface area contributed by atoms with Gasteiger partial charge in [0.05, 0.1) is 13.0 Å². The van der Waals surface area contributed by atoms with Crippen LogP contribution in [0.3, 0.4) is 0 Å². The van der Waals surface area contributed by atoms with Crippen molar-refractivity contribution in [3.05, 3.63) is 29.6 Å². The second-order valence-corrected chi connectivity index (χ2v) is 4.26. The van der Waals surface area contributed by atoms with Gasteiger partial charge in [-0.05, 0) is 30.5 Å². The van der Waals surface area contributed by atoms with Crippen LogP contribution in [-0.2, 0) is 4.79 Å². The summed E-state index contributed by atoms with van der Waals surface area (Å²) in [4.78, 5) is 10.8. The van der Waals surface area contributed by atoms with Crippen LogP contribution in [0.4, 0.5) is 4.39 Å². The number of carboxylic acid groups (broad SMARTS) is 1. The minimum atomic E-state index is -0.846. The van der Waals surface area contributed by atoms with Crippen molar-refractivity contribution >= 4 is 5.97 Å². The quantitative estimate of drug-likeness (QED) is 0.836. The molecule has 1 fully saturated rings. The minimum absolute atomic E-state index is 0.136. The molecule has 17 heavy (non-hydrogen) atoms. The Morgan fingerprint density at radius 3 is 2.88 bits per heavy atom. The number of hydrogen-bond acceptors (Lipinski definition) is 3. The molecular formula is C12H14FNO3. The van der Waals surface area contributed by atoms with Gasteiger partial charge in [0, 0.05) is 11.6 Å². The molecule has 1 aromatic carbocycles. The van der Waals surface area contributed by atoms with Gasteiger partial charge in [-0.15, -0.1) is 0 Å². The van der Waals surface area contributed by atoms with E-state index in [1.807, 2.05) is 0 Å². The number of halogens is 1. The minimum Gasteiger partial charge on any atom is -0.496 e. The molecule has 5 heteroatoms. The summed E-state index contributed by atoms with van der Waals surface area (Å²) in [5, 5.41) is 8.84. The second-order valence-electron chi connectivity index (χ2n) is 4.26. The Morgan fingerprint density at radius 2 is 2.35 bits per heavy atom. The average Bonchev–Trinajstić information content (AvgIpc) is 3.08. The van der Waals surface area contributed by atoms with Crippen molar-refractivity contribution < 1.29 is 19.0 Å². The second kappa shape index (κ2) is 4.33. The lowest BCUT2D eigenvalue weighted by Crippen LogP contribution is -2.17. The van der Waals surface area contributed by atoms with E-state index in [0.717, 1.165) is 0 Å². The van der Waals surface area contributed by atoms with Gasteiger partial charge < -0.3 is 15.6 Å². The molecule has 1 aromatic rings. The molecule has 3 unspecified atom stereocenters. The summed E-state index contributed by atoms with van der Waals surface area (Å²) in [7, 11) is 1.48. The van der Waals surface area contributed by atoms with Gasteiger partial charge in [0.15, 0.2) is 0 Å². The van der Waals surface area contributed by atoms with Gasteiger partial charge in [0.2, 0.25) is 0 Å². The van der Waals surface area contributed by atoms with E-state index in [4.69, 9.17) is 15.6 Å². The summed E-state index contributed by atoms with van der Waals surface area (Å²) in [5.74, 6) is -1.30. The number of ether oxygens (including phenoxy) is 1. The smallest absolute Gasteiger partial charge is 0.306 e. The summed E-state index contributed by atoms with van der Waals surface area (Å²) in [6.07, 6.45) is 0.538. The molecule has 0 bridgehead atoms. The van der Waals surface area contributed by atoms with Gasteiger partial charge in [-0.3, -0.25) is 4.79 Å². The van der Waals surface area contributed by atoms with Crippen molar-refractivity contribution in [3.8, 4) is 5.75 Å². The summed E-state index contributed by atoms with van der Waals surface area (Å²) in [6, 6.07) is 3.60. The van der Waals surface area contributed by atoms with Gasteiger partial charge in [-0.25, -0.2) is 4.39 Å². The highest BCUT2D eigenvalue weighted by Gasteiger charge is 2.47. The molecule has 0 spiro atoms. The van der Waals surface area contributed by atoms with Crippen LogP contribution in [-0.4, -0.2) is 18.2 Å². The molecule has 0 saturated heterocycles. The number of hydrogen-bond donors (Lipinski definition) is 2. The lowest BCUT2D eigenvalue weighted by atomic mass is 10.0. The van der Waals surface area contributed by atoms with Crippen molar-refractivity contribution in [1.29, 1.82) is 0 Å². The van der Waals surface area contributed by atoms with E-state index in [-0.39, 0.29) is 5.92 Å². The lowest BCUT2D eigenvalue weighted by Gasteiger charge is -2.15. The highest BCUT2D eigenvalue weighted by molar-refractivity contribution is 5.73. The van der Waals surface area contributed by atoms with Crippen molar-refractivity contribution in [2.45, 2.75) is 12.5 Å². The zero-order chi connectivity index (χ0) is 12.6. The van der Waals surface area contributed by atoms with Gasteiger partial charge in [0.1, 0.15) is 11.6 Å². The van der Waals surface area contributed by atoms with E-state index < -0.39 is 23.7 Å². The first kappa shape index (κ1) is 11.9. The van der Waals surface area contributed by atoms with E-state index in [1.54, 1.807) is 0 Å². The summed E-state index contributed by atoms with van der Waals surface area (Å²) < 4.78 is 18.3. The molecule has 1 aliphatic rings. The van der Waals surface area contributed by atoms with E-state index >= 15 is 0 Å². The van der Waals surface area contributed by atoms with Crippen LogP contribution in [0.2, 0.25) is 0 Å². The summed E-state index contributed by atoms with van der Waals surface area (Å²) >= 11 is 0. The predicted molar refractivity (Wildman–Crippen MR) is 59.1 cm³/mol. The third-order valence-electron chi connectivity index (χ3n) is 3.17. The molecule has 4 nitrogen and oxygen atoms in total. The number of rotatable bonds is 4. The van der Waals surface area contributed by atoms with Gasteiger partial charge in [-0.2, -0.15) is 0 Å². The monoisotopic (exact) mass is 239 g/mol. The molecule has 92 valence electrons. The third-order valence-corrected chi connectivity index (χ3v) is 3.17.